The van der Waals surface area contributed by atoms with Gasteiger partial charge in [-0.25, -0.2) is 9.50 Å². The van der Waals surface area contributed by atoms with Gasteiger partial charge in [0.2, 0.25) is 0 Å². The zero-order valence-corrected chi connectivity index (χ0v) is 9.29. The van der Waals surface area contributed by atoms with E-state index in [1.54, 1.807) is 12.3 Å². The maximum atomic E-state index is 11.8. The first-order valence-electron chi connectivity index (χ1n) is 5.23. The Morgan fingerprint density at radius 3 is 3.19 bits per heavy atom. The molecule has 1 saturated heterocycles. The molecule has 3 heterocycles. The summed E-state index contributed by atoms with van der Waals surface area (Å²) in [5.41, 5.74) is 1.23. The van der Waals surface area contributed by atoms with E-state index >= 15 is 0 Å². The summed E-state index contributed by atoms with van der Waals surface area (Å²) in [5, 5.41) is 6.50. The van der Waals surface area contributed by atoms with E-state index in [-0.39, 0.29) is 5.56 Å². The van der Waals surface area contributed by atoms with Gasteiger partial charge < -0.3 is 5.32 Å². The summed E-state index contributed by atoms with van der Waals surface area (Å²) >= 11 is 5.95. The zero-order chi connectivity index (χ0) is 11.1. The summed E-state index contributed by atoms with van der Waals surface area (Å²) in [6.45, 7) is 1.86. The van der Waals surface area contributed by atoms with Gasteiger partial charge in [-0.3, -0.25) is 9.89 Å². The molecule has 6 heteroatoms. The lowest BCUT2D eigenvalue weighted by Crippen LogP contribution is -2.18. The quantitative estimate of drug-likeness (QED) is 0.771. The first kappa shape index (κ1) is 9.86. The lowest BCUT2D eigenvalue weighted by atomic mass is 10.1. The van der Waals surface area contributed by atoms with Gasteiger partial charge in [0.1, 0.15) is 5.02 Å². The molecule has 3 rings (SSSR count). The number of aromatic nitrogens is 3. The highest BCUT2D eigenvalue weighted by atomic mass is 35.5. The minimum atomic E-state index is -0.112. The summed E-state index contributed by atoms with van der Waals surface area (Å²) in [5.74, 6) is 0.323. The van der Waals surface area contributed by atoms with Crippen LogP contribution in [0.3, 0.4) is 0 Å². The Labute approximate surface area is 96.4 Å². The van der Waals surface area contributed by atoms with Crippen LogP contribution in [0.25, 0.3) is 5.65 Å². The molecule has 0 saturated carbocycles. The van der Waals surface area contributed by atoms with Crippen LogP contribution in [-0.4, -0.2) is 27.7 Å². The topological polar surface area (TPSA) is 62.2 Å². The van der Waals surface area contributed by atoms with Crippen molar-refractivity contribution in [2.24, 2.45) is 0 Å². The molecule has 0 amide bonds. The molecule has 2 aromatic heterocycles. The van der Waals surface area contributed by atoms with E-state index < -0.39 is 0 Å². The Morgan fingerprint density at radius 1 is 1.56 bits per heavy atom. The Kier molecular flexibility index (Phi) is 2.22. The number of halogens is 1. The fourth-order valence-corrected chi connectivity index (χ4v) is 2.26. The first-order chi connectivity index (χ1) is 7.75. The number of nitrogens with one attached hydrogen (secondary N) is 2. The lowest BCUT2D eigenvalue weighted by Gasteiger charge is -2.06. The Bertz CT molecular complexity index is 582. The molecule has 0 aromatic carbocycles. The Morgan fingerprint density at radius 2 is 2.44 bits per heavy atom. The average Bonchev–Trinajstić information content (AvgIpc) is 2.88. The fourth-order valence-electron chi connectivity index (χ4n) is 2.09. The van der Waals surface area contributed by atoms with Crippen molar-refractivity contribution in [1.82, 2.24) is 19.9 Å². The third-order valence-corrected chi connectivity index (χ3v) is 3.23. The zero-order valence-electron chi connectivity index (χ0n) is 8.53. The Balaban J connectivity index is 2.19. The van der Waals surface area contributed by atoms with Crippen LogP contribution < -0.4 is 10.9 Å². The SMILES string of the molecule is O=c1cc(C2CCNC2)nc2c(Cl)c[nH]n12. The van der Waals surface area contributed by atoms with E-state index in [9.17, 15) is 4.79 Å². The number of hydrogen-bond acceptors (Lipinski definition) is 3. The fraction of sp³-hybridized carbons (Fsp3) is 0.400. The molecule has 1 unspecified atom stereocenters. The number of nitrogens with zero attached hydrogens (tertiary/aromatic N) is 2. The molecule has 5 nitrogen and oxygen atoms in total. The van der Waals surface area contributed by atoms with Gasteiger partial charge in [-0.05, 0) is 13.0 Å². The monoisotopic (exact) mass is 238 g/mol. The largest absolute Gasteiger partial charge is 0.316 e. The molecule has 1 fully saturated rings. The predicted octanol–water partition coefficient (Wildman–Crippen LogP) is 0.753. The first-order valence-corrected chi connectivity index (χ1v) is 5.61. The third-order valence-electron chi connectivity index (χ3n) is 2.95. The highest BCUT2D eigenvalue weighted by Crippen LogP contribution is 2.21. The molecule has 2 N–H and O–H groups in total. The van der Waals surface area contributed by atoms with Gasteiger partial charge in [-0.1, -0.05) is 11.6 Å². The molecular weight excluding hydrogens is 228 g/mol. The van der Waals surface area contributed by atoms with Crippen molar-refractivity contribution in [1.29, 1.82) is 0 Å². The Hall–Kier alpha value is -1.33. The molecule has 1 atom stereocenters. The van der Waals surface area contributed by atoms with Crippen LogP contribution in [0.15, 0.2) is 17.1 Å². The standard InChI is InChI=1S/C10H11ClN4O/c11-7-5-13-15-9(16)3-8(14-10(7)15)6-1-2-12-4-6/h3,5-6,12-13H,1-2,4H2. The highest BCUT2D eigenvalue weighted by Gasteiger charge is 2.19. The molecule has 0 aliphatic carbocycles. The van der Waals surface area contributed by atoms with E-state index in [2.05, 4.69) is 15.4 Å². The normalized spacial score (nSPS) is 20.7. The summed E-state index contributed by atoms with van der Waals surface area (Å²) < 4.78 is 1.36. The van der Waals surface area contributed by atoms with Gasteiger partial charge >= 0.3 is 0 Å². The summed E-state index contributed by atoms with van der Waals surface area (Å²) in [4.78, 5) is 16.2. The van der Waals surface area contributed by atoms with Gasteiger partial charge in [-0.15, -0.1) is 0 Å². The summed E-state index contributed by atoms with van der Waals surface area (Å²) in [7, 11) is 0. The van der Waals surface area contributed by atoms with Crippen molar-refractivity contribution in [2.75, 3.05) is 13.1 Å². The second-order valence-electron chi connectivity index (χ2n) is 3.99. The summed E-state index contributed by atoms with van der Waals surface area (Å²) in [6, 6.07) is 1.58. The molecule has 0 radical (unpaired) electrons. The molecule has 1 aliphatic heterocycles. The van der Waals surface area contributed by atoms with E-state index in [0.29, 0.717) is 16.6 Å². The van der Waals surface area contributed by atoms with E-state index in [1.165, 1.54) is 4.52 Å². The average molecular weight is 239 g/mol. The van der Waals surface area contributed by atoms with Crippen LogP contribution >= 0.6 is 11.6 Å². The maximum Gasteiger partial charge on any atom is 0.272 e. The molecule has 0 bridgehead atoms. The van der Waals surface area contributed by atoms with Crippen LogP contribution in [0.2, 0.25) is 5.02 Å². The van der Waals surface area contributed by atoms with Gasteiger partial charge in [0.05, 0.1) is 5.69 Å². The predicted molar refractivity (Wildman–Crippen MR) is 61.1 cm³/mol. The molecular formula is C10H11ClN4O. The van der Waals surface area contributed by atoms with Crippen molar-refractivity contribution < 1.29 is 0 Å². The smallest absolute Gasteiger partial charge is 0.272 e. The third kappa shape index (κ3) is 1.44. The minimum absolute atomic E-state index is 0.112. The maximum absolute atomic E-state index is 11.8. The van der Waals surface area contributed by atoms with E-state index in [4.69, 9.17) is 11.6 Å². The minimum Gasteiger partial charge on any atom is -0.316 e. The van der Waals surface area contributed by atoms with Gasteiger partial charge in [0.25, 0.3) is 5.56 Å². The van der Waals surface area contributed by atoms with Crippen LogP contribution in [0.1, 0.15) is 18.0 Å². The lowest BCUT2D eigenvalue weighted by molar-refractivity contribution is 0.726. The van der Waals surface area contributed by atoms with Gasteiger partial charge in [-0.2, -0.15) is 0 Å². The molecule has 1 aliphatic rings. The van der Waals surface area contributed by atoms with Gasteiger partial charge in [0.15, 0.2) is 5.65 Å². The molecule has 16 heavy (non-hydrogen) atoms. The molecule has 2 aromatic rings. The van der Waals surface area contributed by atoms with Gasteiger partial charge in [0, 0.05) is 24.7 Å². The summed E-state index contributed by atoms with van der Waals surface area (Å²) in [6.07, 6.45) is 2.59. The van der Waals surface area contributed by atoms with E-state index in [1.807, 2.05) is 0 Å². The number of hydrogen-bond donors (Lipinski definition) is 2. The number of H-pyrrole nitrogens is 1. The second-order valence-corrected chi connectivity index (χ2v) is 4.40. The number of rotatable bonds is 1. The molecule has 84 valence electrons. The highest BCUT2D eigenvalue weighted by molar-refractivity contribution is 6.33. The van der Waals surface area contributed by atoms with Crippen molar-refractivity contribution in [3.05, 3.63) is 33.3 Å². The van der Waals surface area contributed by atoms with E-state index in [0.717, 1.165) is 25.2 Å². The van der Waals surface area contributed by atoms with Crippen LogP contribution in [0.4, 0.5) is 0 Å². The van der Waals surface area contributed by atoms with Crippen LogP contribution in [-0.2, 0) is 0 Å². The van der Waals surface area contributed by atoms with Crippen LogP contribution in [0, 0.1) is 0 Å². The van der Waals surface area contributed by atoms with Crippen LogP contribution in [0.5, 0.6) is 0 Å². The number of aromatic amines is 1. The van der Waals surface area contributed by atoms with Crippen molar-refractivity contribution in [3.8, 4) is 0 Å². The number of fused-ring (bicyclic) bond motifs is 1. The molecule has 0 spiro atoms. The second kappa shape index (κ2) is 3.61. The van der Waals surface area contributed by atoms with Crippen molar-refractivity contribution in [2.45, 2.75) is 12.3 Å². The van der Waals surface area contributed by atoms with Crippen molar-refractivity contribution in [3.63, 3.8) is 0 Å². The van der Waals surface area contributed by atoms with Crippen molar-refractivity contribution >= 4 is 17.2 Å².